The number of nitrogens with zero attached hydrogens (tertiary/aromatic N) is 4. The van der Waals surface area contributed by atoms with Gasteiger partial charge in [-0.3, -0.25) is 0 Å². The van der Waals surface area contributed by atoms with Gasteiger partial charge in [0.25, 0.3) is 0 Å². The lowest BCUT2D eigenvalue weighted by Crippen LogP contribution is -2.03. The first-order chi connectivity index (χ1) is 9.81. The molecule has 0 unspecified atom stereocenters. The predicted molar refractivity (Wildman–Crippen MR) is 79.3 cm³/mol. The van der Waals surface area contributed by atoms with Gasteiger partial charge in [0, 0.05) is 10.2 Å². The van der Waals surface area contributed by atoms with E-state index in [0.29, 0.717) is 6.54 Å². The Morgan fingerprint density at radius 1 is 1.20 bits per heavy atom. The second-order valence-corrected chi connectivity index (χ2v) is 5.97. The summed E-state index contributed by atoms with van der Waals surface area (Å²) < 4.78 is 8.12. The van der Waals surface area contributed by atoms with Gasteiger partial charge in [-0.1, -0.05) is 39.8 Å². The second kappa shape index (κ2) is 6.23. The fourth-order valence-electron chi connectivity index (χ4n) is 1.68. The van der Waals surface area contributed by atoms with Crippen molar-refractivity contribution in [3.8, 4) is 0 Å². The second-order valence-electron chi connectivity index (χ2n) is 4.11. The van der Waals surface area contributed by atoms with E-state index in [1.54, 1.807) is 22.7 Å². The lowest BCUT2D eigenvalue weighted by atomic mass is 10.2. The van der Waals surface area contributed by atoms with Crippen LogP contribution in [0.15, 0.2) is 56.7 Å². The van der Waals surface area contributed by atoms with Crippen molar-refractivity contribution in [2.75, 3.05) is 0 Å². The molecule has 20 heavy (non-hydrogen) atoms. The van der Waals surface area contributed by atoms with E-state index >= 15 is 0 Å². The number of rotatable bonds is 5. The number of hydrogen-bond donors (Lipinski definition) is 0. The van der Waals surface area contributed by atoms with Gasteiger partial charge in [-0.05, 0) is 40.3 Å². The molecular weight excluding hydrogens is 340 g/mol. The molecule has 0 saturated carbocycles. The summed E-state index contributed by atoms with van der Waals surface area (Å²) >= 11 is 5.03. The molecule has 3 rings (SSSR count). The fourth-order valence-corrected chi connectivity index (χ4v) is 2.77. The minimum absolute atomic E-state index is 0.544. The molecular formula is C13H11BrN4OS. The highest BCUT2D eigenvalue weighted by Crippen LogP contribution is 2.21. The zero-order valence-corrected chi connectivity index (χ0v) is 12.8. The summed E-state index contributed by atoms with van der Waals surface area (Å²) in [6.45, 7) is 0.544. The molecule has 2 aromatic heterocycles. The summed E-state index contributed by atoms with van der Waals surface area (Å²) in [5.41, 5.74) is 1.23. The summed E-state index contributed by atoms with van der Waals surface area (Å²) in [6.07, 6.45) is 1.65. The summed E-state index contributed by atoms with van der Waals surface area (Å²) in [5.74, 6) is 1.66. The van der Waals surface area contributed by atoms with Gasteiger partial charge in [-0.15, -0.1) is 5.10 Å². The number of halogens is 1. The molecule has 1 aromatic carbocycles. The van der Waals surface area contributed by atoms with Crippen LogP contribution in [0.5, 0.6) is 0 Å². The van der Waals surface area contributed by atoms with Crippen molar-refractivity contribution in [2.45, 2.75) is 17.5 Å². The molecule has 102 valence electrons. The van der Waals surface area contributed by atoms with Gasteiger partial charge in [-0.25, -0.2) is 4.68 Å². The topological polar surface area (TPSA) is 56.7 Å². The fraction of sp³-hybridized carbons (Fsp3) is 0.154. The Morgan fingerprint density at radius 3 is 2.80 bits per heavy atom. The maximum atomic E-state index is 5.31. The smallest absolute Gasteiger partial charge is 0.210 e. The van der Waals surface area contributed by atoms with E-state index in [1.807, 2.05) is 24.3 Å². The summed E-state index contributed by atoms with van der Waals surface area (Å²) in [5, 5.41) is 12.5. The van der Waals surface area contributed by atoms with Crippen LogP contribution in [0.2, 0.25) is 0 Å². The SMILES string of the molecule is Brc1ccc(CSc2nnnn2Cc2ccco2)cc1. The number of furan rings is 1. The van der Waals surface area contributed by atoms with Gasteiger partial charge in [0.15, 0.2) is 0 Å². The zero-order chi connectivity index (χ0) is 13.8. The number of thioether (sulfide) groups is 1. The number of aromatic nitrogens is 4. The molecule has 0 aliphatic heterocycles. The largest absolute Gasteiger partial charge is 0.467 e. The van der Waals surface area contributed by atoms with Crippen molar-refractivity contribution in [1.82, 2.24) is 20.2 Å². The monoisotopic (exact) mass is 350 g/mol. The third-order valence-corrected chi connectivity index (χ3v) is 4.22. The van der Waals surface area contributed by atoms with Gasteiger partial charge in [0.2, 0.25) is 5.16 Å². The van der Waals surface area contributed by atoms with Gasteiger partial charge in [-0.2, -0.15) is 0 Å². The van der Waals surface area contributed by atoms with E-state index in [9.17, 15) is 0 Å². The molecule has 0 bridgehead atoms. The van der Waals surface area contributed by atoms with Crippen molar-refractivity contribution in [3.63, 3.8) is 0 Å². The first-order valence-corrected chi connectivity index (χ1v) is 7.75. The van der Waals surface area contributed by atoms with E-state index in [4.69, 9.17) is 4.42 Å². The molecule has 0 saturated heterocycles. The van der Waals surface area contributed by atoms with Crippen molar-refractivity contribution >= 4 is 27.7 Å². The molecule has 3 aromatic rings. The number of benzene rings is 1. The van der Waals surface area contributed by atoms with Crippen LogP contribution in [0.4, 0.5) is 0 Å². The van der Waals surface area contributed by atoms with Gasteiger partial charge < -0.3 is 4.42 Å². The molecule has 0 radical (unpaired) electrons. The molecule has 2 heterocycles. The van der Waals surface area contributed by atoms with E-state index in [1.165, 1.54) is 5.56 Å². The molecule has 0 aliphatic carbocycles. The van der Waals surface area contributed by atoms with Crippen LogP contribution < -0.4 is 0 Å². The molecule has 0 aliphatic rings. The summed E-state index contributed by atoms with van der Waals surface area (Å²) in [4.78, 5) is 0. The molecule has 0 amide bonds. The molecule has 0 spiro atoms. The highest BCUT2D eigenvalue weighted by molar-refractivity contribution is 9.10. The molecule has 5 nitrogen and oxygen atoms in total. The maximum Gasteiger partial charge on any atom is 0.210 e. The molecule has 7 heteroatoms. The van der Waals surface area contributed by atoms with Gasteiger partial charge >= 0.3 is 0 Å². The number of tetrazole rings is 1. The Morgan fingerprint density at radius 2 is 2.05 bits per heavy atom. The van der Waals surface area contributed by atoms with E-state index < -0.39 is 0 Å². The van der Waals surface area contributed by atoms with Gasteiger partial charge in [0.05, 0.1) is 6.26 Å². The average molecular weight is 351 g/mol. The van der Waals surface area contributed by atoms with Crippen molar-refractivity contribution in [3.05, 3.63) is 58.5 Å². The summed E-state index contributed by atoms with van der Waals surface area (Å²) in [6, 6.07) is 12.0. The minimum Gasteiger partial charge on any atom is -0.467 e. The molecule has 0 fully saturated rings. The Hall–Kier alpha value is -1.60. The lowest BCUT2D eigenvalue weighted by molar-refractivity contribution is 0.462. The predicted octanol–water partition coefficient (Wildman–Crippen LogP) is 3.37. The quantitative estimate of drug-likeness (QED) is 0.660. The van der Waals surface area contributed by atoms with Crippen LogP contribution >= 0.6 is 27.7 Å². The first kappa shape index (κ1) is 13.4. The lowest BCUT2D eigenvalue weighted by Gasteiger charge is -2.03. The Labute approximate surface area is 128 Å². The van der Waals surface area contributed by atoms with Crippen molar-refractivity contribution < 1.29 is 4.42 Å². The van der Waals surface area contributed by atoms with E-state index in [-0.39, 0.29) is 0 Å². The van der Waals surface area contributed by atoms with E-state index in [0.717, 1.165) is 21.1 Å². The van der Waals surface area contributed by atoms with Crippen LogP contribution in [-0.4, -0.2) is 20.2 Å². The third kappa shape index (κ3) is 3.29. The maximum absolute atomic E-state index is 5.31. The van der Waals surface area contributed by atoms with Crippen molar-refractivity contribution in [1.29, 1.82) is 0 Å². The standard InChI is InChI=1S/C13H11BrN4OS/c14-11-5-3-10(4-6-11)9-20-13-15-16-17-18(13)8-12-2-1-7-19-12/h1-7H,8-9H2. The summed E-state index contributed by atoms with van der Waals surface area (Å²) in [7, 11) is 0. The van der Waals surface area contributed by atoms with Crippen LogP contribution in [0.3, 0.4) is 0 Å². The van der Waals surface area contributed by atoms with Gasteiger partial charge in [0.1, 0.15) is 12.3 Å². The van der Waals surface area contributed by atoms with Crippen LogP contribution in [0.1, 0.15) is 11.3 Å². The first-order valence-electron chi connectivity index (χ1n) is 5.97. The zero-order valence-electron chi connectivity index (χ0n) is 10.4. The normalized spacial score (nSPS) is 10.8. The van der Waals surface area contributed by atoms with Crippen LogP contribution in [0.25, 0.3) is 0 Å². The molecule has 0 atom stereocenters. The molecule has 0 N–H and O–H groups in total. The van der Waals surface area contributed by atoms with E-state index in [2.05, 4.69) is 43.6 Å². The Kier molecular flexibility index (Phi) is 4.17. The highest BCUT2D eigenvalue weighted by Gasteiger charge is 2.09. The third-order valence-electron chi connectivity index (χ3n) is 2.67. The highest BCUT2D eigenvalue weighted by atomic mass is 79.9. The average Bonchev–Trinajstić information content (AvgIpc) is 3.11. The van der Waals surface area contributed by atoms with Crippen molar-refractivity contribution in [2.24, 2.45) is 0 Å². The number of hydrogen-bond acceptors (Lipinski definition) is 5. The Balaban J connectivity index is 1.66. The van der Waals surface area contributed by atoms with Crippen LogP contribution in [0, 0.1) is 0 Å². The Bertz CT molecular complexity index is 666. The van der Waals surface area contributed by atoms with Crippen LogP contribution in [-0.2, 0) is 12.3 Å². The minimum atomic E-state index is 0.544.